The summed E-state index contributed by atoms with van der Waals surface area (Å²) in [7, 11) is 1.89. The second kappa shape index (κ2) is 8.70. The SMILES string of the molecule is CCN(C)C=Nc1ccc(C(=O)OCc2cc(F)cc(F)c2F)c(C)c1C. The van der Waals surface area contributed by atoms with Gasteiger partial charge in [0.2, 0.25) is 0 Å². The van der Waals surface area contributed by atoms with Crippen LogP contribution in [0.4, 0.5) is 18.9 Å². The zero-order chi connectivity index (χ0) is 20.1. The van der Waals surface area contributed by atoms with E-state index in [-0.39, 0.29) is 11.1 Å². The number of esters is 1. The molecule has 4 nitrogen and oxygen atoms in total. The van der Waals surface area contributed by atoms with E-state index in [9.17, 15) is 18.0 Å². The number of carbonyl (C=O) groups is 1. The molecular weight excluding hydrogens is 357 g/mol. The quantitative estimate of drug-likeness (QED) is 0.317. The molecule has 0 radical (unpaired) electrons. The Morgan fingerprint density at radius 3 is 2.56 bits per heavy atom. The summed E-state index contributed by atoms with van der Waals surface area (Å²) in [5.41, 5.74) is 2.10. The van der Waals surface area contributed by atoms with Gasteiger partial charge < -0.3 is 9.64 Å². The van der Waals surface area contributed by atoms with Crippen LogP contribution in [0.25, 0.3) is 0 Å². The number of carbonyl (C=O) groups excluding carboxylic acids is 1. The van der Waals surface area contributed by atoms with Crippen LogP contribution >= 0.6 is 0 Å². The summed E-state index contributed by atoms with van der Waals surface area (Å²) in [6.45, 7) is 5.81. The molecule has 0 heterocycles. The van der Waals surface area contributed by atoms with Crippen molar-refractivity contribution in [3.8, 4) is 0 Å². The second-order valence-corrected chi connectivity index (χ2v) is 6.14. The molecule has 0 amide bonds. The van der Waals surface area contributed by atoms with Crippen molar-refractivity contribution in [2.24, 2.45) is 4.99 Å². The first kappa shape index (κ1) is 20.5. The zero-order valence-electron chi connectivity index (χ0n) is 15.6. The van der Waals surface area contributed by atoms with Gasteiger partial charge in [0.1, 0.15) is 12.4 Å². The van der Waals surface area contributed by atoms with Gasteiger partial charge in [0, 0.05) is 25.2 Å². The lowest BCUT2D eigenvalue weighted by molar-refractivity contribution is 0.0466. The Balaban J connectivity index is 2.18. The largest absolute Gasteiger partial charge is 0.457 e. The van der Waals surface area contributed by atoms with Crippen LogP contribution in [0.5, 0.6) is 0 Å². The maximum absolute atomic E-state index is 13.7. The first-order valence-corrected chi connectivity index (χ1v) is 8.39. The van der Waals surface area contributed by atoms with E-state index in [0.29, 0.717) is 17.3 Å². The highest BCUT2D eigenvalue weighted by Crippen LogP contribution is 2.25. The van der Waals surface area contributed by atoms with Gasteiger partial charge in [-0.3, -0.25) is 0 Å². The fraction of sp³-hybridized carbons (Fsp3) is 0.300. The average molecular weight is 378 g/mol. The van der Waals surface area contributed by atoms with Crippen molar-refractivity contribution < 1.29 is 22.7 Å². The molecule has 0 fully saturated rings. The van der Waals surface area contributed by atoms with Crippen LogP contribution in [-0.2, 0) is 11.3 Å². The third-order valence-corrected chi connectivity index (χ3v) is 4.30. The summed E-state index contributed by atoms with van der Waals surface area (Å²) in [6.07, 6.45) is 1.70. The maximum atomic E-state index is 13.7. The van der Waals surface area contributed by atoms with E-state index in [4.69, 9.17) is 4.74 Å². The van der Waals surface area contributed by atoms with E-state index in [1.54, 1.807) is 25.4 Å². The molecule has 2 aromatic rings. The fourth-order valence-electron chi connectivity index (χ4n) is 2.35. The molecule has 2 aromatic carbocycles. The summed E-state index contributed by atoms with van der Waals surface area (Å²) < 4.78 is 45.1. The molecule has 144 valence electrons. The second-order valence-electron chi connectivity index (χ2n) is 6.14. The Kier molecular flexibility index (Phi) is 6.60. The lowest BCUT2D eigenvalue weighted by Gasteiger charge is -2.13. The van der Waals surface area contributed by atoms with Gasteiger partial charge in [-0.05, 0) is 50.1 Å². The fourth-order valence-corrected chi connectivity index (χ4v) is 2.35. The topological polar surface area (TPSA) is 41.9 Å². The molecule has 0 aliphatic rings. The first-order chi connectivity index (χ1) is 12.7. The van der Waals surface area contributed by atoms with Crippen LogP contribution in [0.2, 0.25) is 0 Å². The minimum absolute atomic E-state index is 0.285. The maximum Gasteiger partial charge on any atom is 0.338 e. The molecule has 0 bridgehead atoms. The molecule has 0 aliphatic heterocycles. The third-order valence-electron chi connectivity index (χ3n) is 4.30. The van der Waals surface area contributed by atoms with E-state index in [2.05, 4.69) is 4.99 Å². The van der Waals surface area contributed by atoms with Crippen LogP contribution in [0.3, 0.4) is 0 Å². The highest BCUT2D eigenvalue weighted by Gasteiger charge is 2.17. The lowest BCUT2D eigenvalue weighted by Crippen LogP contribution is -2.14. The van der Waals surface area contributed by atoms with E-state index >= 15 is 0 Å². The van der Waals surface area contributed by atoms with E-state index in [1.165, 1.54) is 0 Å². The predicted octanol–water partition coefficient (Wildman–Crippen LogP) is 4.69. The van der Waals surface area contributed by atoms with Crippen LogP contribution in [0.1, 0.15) is 34.0 Å². The molecule has 0 saturated heterocycles. The Hall–Kier alpha value is -2.83. The summed E-state index contributed by atoms with van der Waals surface area (Å²) in [4.78, 5) is 18.6. The molecule has 0 aromatic heterocycles. The van der Waals surface area contributed by atoms with Gasteiger partial charge in [-0.1, -0.05) is 0 Å². The number of halogens is 3. The minimum atomic E-state index is -1.33. The molecular formula is C20H21F3N2O2. The lowest BCUT2D eigenvalue weighted by atomic mass is 10.0. The van der Waals surface area contributed by atoms with Crippen molar-refractivity contribution in [2.45, 2.75) is 27.4 Å². The van der Waals surface area contributed by atoms with Crippen molar-refractivity contribution in [1.82, 2.24) is 4.90 Å². The van der Waals surface area contributed by atoms with Gasteiger partial charge in [0.25, 0.3) is 0 Å². The highest BCUT2D eigenvalue weighted by molar-refractivity contribution is 5.92. The van der Waals surface area contributed by atoms with Crippen molar-refractivity contribution in [2.75, 3.05) is 13.6 Å². The van der Waals surface area contributed by atoms with Crippen molar-refractivity contribution in [1.29, 1.82) is 0 Å². The Labute approximate surface area is 156 Å². The van der Waals surface area contributed by atoms with Gasteiger partial charge in [-0.2, -0.15) is 0 Å². The highest BCUT2D eigenvalue weighted by atomic mass is 19.2. The molecule has 2 rings (SSSR count). The molecule has 0 aliphatic carbocycles. The third kappa shape index (κ3) is 4.87. The monoisotopic (exact) mass is 378 g/mol. The van der Waals surface area contributed by atoms with E-state index < -0.39 is 30.0 Å². The Bertz CT molecular complexity index is 882. The van der Waals surface area contributed by atoms with Gasteiger partial charge in [0.15, 0.2) is 11.6 Å². The summed E-state index contributed by atoms with van der Waals surface area (Å²) in [5.74, 6) is -4.21. The molecule has 0 unspecified atom stereocenters. The normalized spacial score (nSPS) is 11.1. The number of rotatable bonds is 6. The summed E-state index contributed by atoms with van der Waals surface area (Å²) in [6, 6.07) is 4.47. The average Bonchev–Trinajstić information content (AvgIpc) is 2.64. The van der Waals surface area contributed by atoms with Crippen LogP contribution in [0, 0.1) is 31.3 Å². The van der Waals surface area contributed by atoms with E-state index in [0.717, 1.165) is 18.2 Å². The number of aliphatic imine (C=N–C) groups is 1. The smallest absolute Gasteiger partial charge is 0.338 e. The van der Waals surface area contributed by atoms with Gasteiger partial charge >= 0.3 is 5.97 Å². The number of nitrogens with zero attached hydrogens (tertiary/aromatic N) is 2. The zero-order valence-corrected chi connectivity index (χ0v) is 15.6. The molecule has 0 saturated carbocycles. The van der Waals surface area contributed by atoms with Gasteiger partial charge in [-0.25, -0.2) is 23.0 Å². The van der Waals surface area contributed by atoms with Gasteiger partial charge in [-0.15, -0.1) is 0 Å². The number of ether oxygens (including phenoxy) is 1. The summed E-state index contributed by atoms with van der Waals surface area (Å²) >= 11 is 0. The molecule has 7 heteroatoms. The van der Waals surface area contributed by atoms with Crippen LogP contribution in [0.15, 0.2) is 29.3 Å². The molecule has 0 N–H and O–H groups in total. The molecule has 0 spiro atoms. The summed E-state index contributed by atoms with van der Waals surface area (Å²) in [5, 5.41) is 0. The Morgan fingerprint density at radius 1 is 1.19 bits per heavy atom. The standard InChI is InChI=1S/C20H21F3N2O2/c1-5-25(4)11-24-18-7-6-16(12(2)13(18)3)20(26)27-10-14-8-15(21)9-17(22)19(14)23/h6-9,11H,5,10H2,1-4H3. The molecule has 0 atom stereocenters. The Morgan fingerprint density at radius 2 is 1.89 bits per heavy atom. The van der Waals surface area contributed by atoms with Gasteiger partial charge in [0.05, 0.1) is 17.6 Å². The minimum Gasteiger partial charge on any atom is -0.457 e. The molecule has 27 heavy (non-hydrogen) atoms. The van der Waals surface area contributed by atoms with Crippen LogP contribution in [-0.4, -0.2) is 30.8 Å². The van der Waals surface area contributed by atoms with Crippen molar-refractivity contribution in [3.05, 3.63) is 64.0 Å². The van der Waals surface area contributed by atoms with E-state index in [1.807, 2.05) is 25.8 Å². The van der Waals surface area contributed by atoms with Crippen LogP contribution < -0.4 is 0 Å². The first-order valence-electron chi connectivity index (χ1n) is 8.39. The van der Waals surface area contributed by atoms with Crippen molar-refractivity contribution >= 4 is 18.0 Å². The predicted molar refractivity (Wildman–Crippen MR) is 97.8 cm³/mol. The number of hydrogen-bond donors (Lipinski definition) is 0. The number of hydrogen-bond acceptors (Lipinski definition) is 3. The van der Waals surface area contributed by atoms with Crippen molar-refractivity contribution in [3.63, 3.8) is 0 Å². The number of benzene rings is 2.